The van der Waals surface area contributed by atoms with Gasteiger partial charge in [-0.2, -0.15) is 0 Å². The minimum atomic E-state index is -0.645. The van der Waals surface area contributed by atoms with E-state index in [0.29, 0.717) is 33.9 Å². The van der Waals surface area contributed by atoms with Crippen molar-refractivity contribution in [3.05, 3.63) is 40.4 Å². The lowest BCUT2D eigenvalue weighted by Crippen LogP contribution is -1.90. The molecule has 0 atom stereocenters. The molecule has 3 rings (SSSR count). The Morgan fingerprint density at radius 1 is 1.17 bits per heavy atom. The zero-order valence-electron chi connectivity index (χ0n) is 12.4. The number of nitrogens with zero attached hydrogens (tertiary/aromatic N) is 2. The maximum absolute atomic E-state index is 10.9. The Kier molecular flexibility index (Phi) is 3.49. The molecule has 3 aromatic rings. The molecule has 0 radical (unpaired) electrons. The topological polar surface area (TPSA) is 111 Å². The third-order valence-electron chi connectivity index (χ3n) is 3.43. The zero-order valence-corrected chi connectivity index (χ0v) is 12.4. The molecule has 8 heteroatoms. The molecule has 0 bridgehead atoms. The van der Waals surface area contributed by atoms with Crippen molar-refractivity contribution < 1.29 is 19.5 Å². The number of fused-ring (bicyclic) bond motifs is 1. The van der Waals surface area contributed by atoms with Crippen molar-refractivity contribution in [2.45, 2.75) is 0 Å². The van der Waals surface area contributed by atoms with Gasteiger partial charge in [-0.1, -0.05) is 0 Å². The standard InChI is InChI=1S/C15H13N3O5/c1-22-13-6-9-10(7-14(13)23-2)17-15(16-9)8-3-4-12(19)11(5-8)18(20)21/h3-7,19H,1-2H3,(H,16,17). The highest BCUT2D eigenvalue weighted by atomic mass is 16.6. The van der Waals surface area contributed by atoms with Gasteiger partial charge in [-0.05, 0) is 12.1 Å². The number of nitro groups is 1. The van der Waals surface area contributed by atoms with Gasteiger partial charge in [0.1, 0.15) is 5.82 Å². The van der Waals surface area contributed by atoms with Crippen LogP contribution in [0.4, 0.5) is 5.69 Å². The number of benzene rings is 2. The number of methoxy groups -OCH3 is 2. The molecule has 0 saturated heterocycles. The largest absolute Gasteiger partial charge is 0.502 e. The number of aromatic hydroxyl groups is 1. The minimum absolute atomic E-state index is 0.377. The minimum Gasteiger partial charge on any atom is -0.502 e. The van der Waals surface area contributed by atoms with Gasteiger partial charge in [0, 0.05) is 23.8 Å². The third-order valence-corrected chi connectivity index (χ3v) is 3.43. The first-order valence-electron chi connectivity index (χ1n) is 6.63. The van der Waals surface area contributed by atoms with Gasteiger partial charge in [-0.25, -0.2) is 4.98 Å². The number of phenolic OH excluding ortho intramolecular Hbond substituents is 1. The summed E-state index contributed by atoms with van der Waals surface area (Å²) in [6.45, 7) is 0. The summed E-state index contributed by atoms with van der Waals surface area (Å²) in [6, 6.07) is 7.53. The molecular weight excluding hydrogens is 302 g/mol. The number of nitro benzene ring substituents is 1. The Labute approximate surface area is 130 Å². The number of aromatic amines is 1. The molecule has 0 amide bonds. The molecule has 0 saturated carbocycles. The van der Waals surface area contributed by atoms with Crippen molar-refractivity contribution in [2.75, 3.05) is 14.2 Å². The van der Waals surface area contributed by atoms with Crippen molar-refractivity contribution in [3.63, 3.8) is 0 Å². The first kappa shape index (κ1) is 14.6. The van der Waals surface area contributed by atoms with Gasteiger partial charge >= 0.3 is 5.69 Å². The summed E-state index contributed by atoms with van der Waals surface area (Å²) in [5, 5.41) is 20.4. The predicted molar refractivity (Wildman–Crippen MR) is 83.0 cm³/mol. The molecule has 0 unspecified atom stereocenters. The van der Waals surface area contributed by atoms with Crippen LogP contribution in [-0.4, -0.2) is 34.2 Å². The fourth-order valence-electron chi connectivity index (χ4n) is 2.29. The lowest BCUT2D eigenvalue weighted by atomic mass is 10.2. The second kappa shape index (κ2) is 5.48. The van der Waals surface area contributed by atoms with Gasteiger partial charge in [-0.15, -0.1) is 0 Å². The highest BCUT2D eigenvalue weighted by molar-refractivity contribution is 5.83. The number of ether oxygens (including phenoxy) is 2. The average Bonchev–Trinajstić information content (AvgIpc) is 2.96. The van der Waals surface area contributed by atoms with Crippen LogP contribution in [0.5, 0.6) is 17.2 Å². The number of hydrogen-bond acceptors (Lipinski definition) is 6. The van der Waals surface area contributed by atoms with Crippen LogP contribution in [0, 0.1) is 10.1 Å². The maximum atomic E-state index is 10.9. The lowest BCUT2D eigenvalue weighted by Gasteiger charge is -2.06. The zero-order chi connectivity index (χ0) is 16.6. The van der Waals surface area contributed by atoms with Crippen LogP contribution >= 0.6 is 0 Å². The highest BCUT2D eigenvalue weighted by Crippen LogP contribution is 2.34. The van der Waals surface area contributed by atoms with E-state index >= 15 is 0 Å². The van der Waals surface area contributed by atoms with E-state index in [1.54, 1.807) is 18.2 Å². The van der Waals surface area contributed by atoms with Crippen LogP contribution in [-0.2, 0) is 0 Å². The summed E-state index contributed by atoms with van der Waals surface area (Å²) in [6.07, 6.45) is 0. The van der Waals surface area contributed by atoms with Gasteiger partial charge in [0.05, 0.1) is 30.2 Å². The normalized spacial score (nSPS) is 10.7. The molecular formula is C15H13N3O5. The number of rotatable bonds is 4. The molecule has 23 heavy (non-hydrogen) atoms. The van der Waals surface area contributed by atoms with Gasteiger partial charge in [0.2, 0.25) is 0 Å². The summed E-state index contributed by atoms with van der Waals surface area (Å²) in [7, 11) is 3.06. The van der Waals surface area contributed by atoms with E-state index in [1.807, 2.05) is 0 Å². The van der Waals surface area contributed by atoms with E-state index in [1.165, 1.54) is 26.4 Å². The monoisotopic (exact) mass is 315 g/mol. The number of hydrogen-bond donors (Lipinski definition) is 2. The first-order chi connectivity index (χ1) is 11.0. The Hall–Kier alpha value is -3.29. The third kappa shape index (κ3) is 2.50. The molecule has 1 heterocycles. The van der Waals surface area contributed by atoms with Crippen LogP contribution in [0.15, 0.2) is 30.3 Å². The smallest absolute Gasteiger partial charge is 0.311 e. The second-order valence-electron chi connectivity index (χ2n) is 4.77. The Morgan fingerprint density at radius 2 is 1.87 bits per heavy atom. The van der Waals surface area contributed by atoms with Crippen molar-refractivity contribution in [1.29, 1.82) is 0 Å². The van der Waals surface area contributed by atoms with Crippen LogP contribution in [0.25, 0.3) is 22.4 Å². The van der Waals surface area contributed by atoms with Crippen molar-refractivity contribution in [1.82, 2.24) is 9.97 Å². The lowest BCUT2D eigenvalue weighted by molar-refractivity contribution is -0.385. The van der Waals surface area contributed by atoms with E-state index in [9.17, 15) is 15.2 Å². The highest BCUT2D eigenvalue weighted by Gasteiger charge is 2.17. The molecule has 8 nitrogen and oxygen atoms in total. The van der Waals surface area contributed by atoms with Crippen LogP contribution in [0.1, 0.15) is 0 Å². The van der Waals surface area contributed by atoms with E-state index in [4.69, 9.17) is 9.47 Å². The quantitative estimate of drug-likeness (QED) is 0.566. The van der Waals surface area contributed by atoms with Gasteiger partial charge < -0.3 is 19.6 Å². The van der Waals surface area contributed by atoms with Gasteiger partial charge in [-0.3, -0.25) is 10.1 Å². The first-order valence-corrected chi connectivity index (χ1v) is 6.63. The van der Waals surface area contributed by atoms with Gasteiger partial charge in [0.25, 0.3) is 0 Å². The van der Waals surface area contributed by atoms with Gasteiger partial charge in [0.15, 0.2) is 17.2 Å². The Balaban J connectivity index is 2.14. The maximum Gasteiger partial charge on any atom is 0.311 e. The molecule has 118 valence electrons. The molecule has 0 aliphatic rings. The van der Waals surface area contributed by atoms with Crippen molar-refractivity contribution in [2.24, 2.45) is 0 Å². The van der Waals surface area contributed by atoms with E-state index in [2.05, 4.69) is 9.97 Å². The molecule has 0 spiro atoms. The second-order valence-corrected chi connectivity index (χ2v) is 4.77. The molecule has 0 fully saturated rings. The Bertz CT molecular complexity index is 863. The Morgan fingerprint density at radius 3 is 2.52 bits per heavy atom. The SMILES string of the molecule is COc1cc2nc(-c3ccc(O)c([N+](=O)[O-])c3)[nH]c2cc1OC. The number of aromatic nitrogens is 2. The number of H-pyrrole nitrogens is 1. The molecule has 2 N–H and O–H groups in total. The van der Waals surface area contributed by atoms with E-state index in [-0.39, 0.29) is 5.69 Å². The fourth-order valence-corrected chi connectivity index (χ4v) is 2.29. The van der Waals surface area contributed by atoms with Crippen LogP contribution in [0.3, 0.4) is 0 Å². The van der Waals surface area contributed by atoms with Crippen molar-refractivity contribution in [3.8, 4) is 28.6 Å². The summed E-state index contributed by atoms with van der Waals surface area (Å²) < 4.78 is 10.5. The van der Waals surface area contributed by atoms with Crippen molar-refractivity contribution >= 4 is 16.7 Å². The summed E-state index contributed by atoms with van der Waals surface area (Å²) in [5.74, 6) is 1.14. The number of imidazole rings is 1. The number of phenols is 1. The molecule has 2 aromatic carbocycles. The van der Waals surface area contributed by atoms with Crippen LogP contribution in [0.2, 0.25) is 0 Å². The fraction of sp³-hybridized carbons (Fsp3) is 0.133. The molecule has 0 aliphatic heterocycles. The summed E-state index contributed by atoms with van der Waals surface area (Å²) in [4.78, 5) is 17.8. The predicted octanol–water partition coefficient (Wildman–Crippen LogP) is 2.86. The summed E-state index contributed by atoms with van der Waals surface area (Å²) >= 11 is 0. The van der Waals surface area contributed by atoms with Crippen LogP contribution < -0.4 is 9.47 Å². The van der Waals surface area contributed by atoms with E-state index < -0.39 is 10.7 Å². The average molecular weight is 315 g/mol. The van der Waals surface area contributed by atoms with E-state index in [0.717, 1.165) is 0 Å². The number of nitrogens with one attached hydrogen (secondary N) is 1. The molecule has 0 aliphatic carbocycles. The summed E-state index contributed by atoms with van der Waals surface area (Å²) in [5.41, 5.74) is 1.45. The molecule has 1 aromatic heterocycles.